The Morgan fingerprint density at radius 3 is 2.86 bits per heavy atom. The van der Waals surface area contributed by atoms with Crippen molar-refractivity contribution in [3.63, 3.8) is 0 Å². The van der Waals surface area contributed by atoms with Crippen molar-refractivity contribution in [3.05, 3.63) is 41.8 Å². The maximum atomic E-state index is 12.0. The van der Waals surface area contributed by atoms with Gasteiger partial charge in [-0.15, -0.1) is 0 Å². The van der Waals surface area contributed by atoms with E-state index in [-0.39, 0.29) is 11.9 Å². The molecular formula is C15H19N3O3. The summed E-state index contributed by atoms with van der Waals surface area (Å²) in [5.41, 5.74) is 0.988. The Balaban J connectivity index is 2.15. The molecule has 0 amide bonds. The highest BCUT2D eigenvalue weighted by Crippen LogP contribution is 2.24. The Labute approximate surface area is 123 Å². The van der Waals surface area contributed by atoms with Gasteiger partial charge >= 0.3 is 5.97 Å². The molecule has 0 fully saturated rings. The third-order valence-corrected chi connectivity index (χ3v) is 3.04. The topological polar surface area (TPSA) is 78.1 Å². The molecular weight excluding hydrogens is 270 g/mol. The Bertz CT molecular complexity index is 581. The lowest BCUT2D eigenvalue weighted by molar-refractivity contribution is -0.146. The molecule has 6 heteroatoms. The minimum atomic E-state index is -0.528. The summed E-state index contributed by atoms with van der Waals surface area (Å²) < 4.78 is 10.3. The summed E-state index contributed by atoms with van der Waals surface area (Å²) >= 11 is 0. The maximum absolute atomic E-state index is 12.0. The number of pyridine rings is 1. The molecule has 2 aromatic rings. The second-order valence-corrected chi connectivity index (χ2v) is 5.06. The van der Waals surface area contributed by atoms with E-state index in [2.05, 4.69) is 15.1 Å². The maximum Gasteiger partial charge on any atom is 0.318 e. The Morgan fingerprint density at radius 2 is 2.24 bits per heavy atom. The van der Waals surface area contributed by atoms with Gasteiger partial charge in [0.15, 0.2) is 5.82 Å². The Morgan fingerprint density at radius 1 is 1.43 bits per heavy atom. The number of rotatable bonds is 6. The predicted molar refractivity (Wildman–Crippen MR) is 75.6 cm³/mol. The number of carbonyl (C=O) groups is 1. The molecule has 1 atom stereocenters. The van der Waals surface area contributed by atoms with Crippen molar-refractivity contribution < 1.29 is 14.1 Å². The third kappa shape index (κ3) is 3.87. The van der Waals surface area contributed by atoms with Crippen molar-refractivity contribution in [2.24, 2.45) is 5.92 Å². The van der Waals surface area contributed by atoms with Crippen LogP contribution in [0.4, 0.5) is 0 Å². The van der Waals surface area contributed by atoms with Crippen LogP contribution in [0, 0.1) is 5.92 Å². The van der Waals surface area contributed by atoms with E-state index >= 15 is 0 Å². The molecule has 0 aliphatic carbocycles. The van der Waals surface area contributed by atoms with E-state index in [1.165, 1.54) is 0 Å². The largest absolute Gasteiger partial charge is 0.465 e. The summed E-state index contributed by atoms with van der Waals surface area (Å²) in [6.07, 6.45) is 3.98. The van der Waals surface area contributed by atoms with E-state index < -0.39 is 5.92 Å². The second-order valence-electron chi connectivity index (χ2n) is 5.06. The summed E-state index contributed by atoms with van der Waals surface area (Å²) in [6, 6.07) is 3.79. The first kappa shape index (κ1) is 15.2. The molecule has 0 aliphatic heterocycles. The third-order valence-electron chi connectivity index (χ3n) is 3.04. The summed E-state index contributed by atoms with van der Waals surface area (Å²) in [4.78, 5) is 20.4. The molecule has 0 saturated heterocycles. The van der Waals surface area contributed by atoms with Gasteiger partial charge in [-0.25, -0.2) is 0 Å². The molecule has 0 bridgehead atoms. The van der Waals surface area contributed by atoms with Crippen LogP contribution in [-0.4, -0.2) is 27.7 Å². The SMILES string of the molecule is CCOC(=O)C(c1nc(Cc2cccnc2)no1)C(C)C. The van der Waals surface area contributed by atoms with Crippen LogP contribution in [0.5, 0.6) is 0 Å². The van der Waals surface area contributed by atoms with Gasteiger partial charge in [0.1, 0.15) is 5.92 Å². The quantitative estimate of drug-likeness (QED) is 0.760. The molecule has 6 nitrogen and oxygen atoms in total. The molecule has 0 aliphatic rings. The highest BCUT2D eigenvalue weighted by Gasteiger charge is 2.31. The van der Waals surface area contributed by atoms with E-state index in [0.29, 0.717) is 24.7 Å². The standard InChI is InChI=1S/C15H19N3O3/c1-4-20-15(19)13(10(2)3)14-17-12(18-21-14)8-11-6-5-7-16-9-11/h5-7,9-10,13H,4,8H2,1-3H3. The Kier molecular flexibility index (Phi) is 5.03. The summed E-state index contributed by atoms with van der Waals surface area (Å²) in [6.45, 7) is 5.95. The minimum absolute atomic E-state index is 0.0238. The van der Waals surface area contributed by atoms with E-state index in [4.69, 9.17) is 9.26 Å². The number of ether oxygens (including phenoxy) is 1. The van der Waals surface area contributed by atoms with Crippen molar-refractivity contribution in [1.29, 1.82) is 0 Å². The van der Waals surface area contributed by atoms with Crippen LogP contribution >= 0.6 is 0 Å². The number of nitrogens with zero attached hydrogens (tertiary/aromatic N) is 3. The van der Waals surface area contributed by atoms with Gasteiger partial charge in [0, 0.05) is 18.8 Å². The van der Waals surface area contributed by atoms with Crippen LogP contribution in [0.3, 0.4) is 0 Å². The number of aromatic nitrogens is 3. The zero-order chi connectivity index (χ0) is 15.2. The molecule has 1 unspecified atom stereocenters. The smallest absolute Gasteiger partial charge is 0.318 e. The van der Waals surface area contributed by atoms with Gasteiger partial charge in [-0.1, -0.05) is 25.1 Å². The first-order valence-electron chi connectivity index (χ1n) is 6.99. The summed E-state index contributed by atoms with van der Waals surface area (Å²) in [7, 11) is 0. The lowest BCUT2D eigenvalue weighted by Crippen LogP contribution is -2.21. The highest BCUT2D eigenvalue weighted by molar-refractivity contribution is 5.77. The van der Waals surface area contributed by atoms with Crippen LogP contribution < -0.4 is 0 Å². The number of hydrogen-bond acceptors (Lipinski definition) is 6. The molecule has 0 N–H and O–H groups in total. The van der Waals surface area contributed by atoms with Gasteiger partial charge in [0.05, 0.1) is 6.61 Å². The van der Waals surface area contributed by atoms with Crippen molar-refractivity contribution >= 4 is 5.97 Å². The normalized spacial score (nSPS) is 12.4. The van der Waals surface area contributed by atoms with E-state index in [9.17, 15) is 4.79 Å². The zero-order valence-corrected chi connectivity index (χ0v) is 12.4. The predicted octanol–water partition coefficient (Wildman–Crippen LogP) is 2.36. The average molecular weight is 289 g/mol. The van der Waals surface area contributed by atoms with Crippen molar-refractivity contribution in [1.82, 2.24) is 15.1 Å². The fourth-order valence-corrected chi connectivity index (χ4v) is 2.04. The van der Waals surface area contributed by atoms with Crippen molar-refractivity contribution in [2.45, 2.75) is 33.1 Å². The van der Waals surface area contributed by atoms with E-state index in [1.54, 1.807) is 19.3 Å². The molecule has 2 rings (SSSR count). The van der Waals surface area contributed by atoms with Gasteiger partial charge < -0.3 is 9.26 Å². The average Bonchev–Trinajstić information content (AvgIpc) is 2.88. The fraction of sp³-hybridized carbons (Fsp3) is 0.467. The highest BCUT2D eigenvalue weighted by atomic mass is 16.5. The van der Waals surface area contributed by atoms with Crippen molar-refractivity contribution in [2.75, 3.05) is 6.61 Å². The first-order valence-corrected chi connectivity index (χ1v) is 6.99. The zero-order valence-electron chi connectivity index (χ0n) is 12.4. The van der Waals surface area contributed by atoms with E-state index in [1.807, 2.05) is 26.0 Å². The van der Waals surface area contributed by atoms with Crippen LogP contribution in [0.2, 0.25) is 0 Å². The molecule has 2 aromatic heterocycles. The lowest BCUT2D eigenvalue weighted by atomic mass is 9.96. The molecule has 0 radical (unpaired) electrons. The molecule has 112 valence electrons. The molecule has 2 heterocycles. The number of esters is 1. The van der Waals surface area contributed by atoms with Gasteiger partial charge in [-0.3, -0.25) is 9.78 Å². The van der Waals surface area contributed by atoms with E-state index in [0.717, 1.165) is 5.56 Å². The van der Waals surface area contributed by atoms with Gasteiger partial charge in [0.25, 0.3) is 0 Å². The van der Waals surface area contributed by atoms with Gasteiger partial charge in [0.2, 0.25) is 5.89 Å². The molecule has 0 aromatic carbocycles. The van der Waals surface area contributed by atoms with Crippen LogP contribution in [0.1, 0.15) is 44.0 Å². The van der Waals surface area contributed by atoms with Gasteiger partial charge in [-0.2, -0.15) is 4.98 Å². The van der Waals surface area contributed by atoms with Crippen LogP contribution in [0.15, 0.2) is 29.0 Å². The monoisotopic (exact) mass is 289 g/mol. The summed E-state index contributed by atoms with van der Waals surface area (Å²) in [5, 5.41) is 3.94. The number of hydrogen-bond donors (Lipinski definition) is 0. The summed E-state index contributed by atoms with van der Waals surface area (Å²) in [5.74, 6) is 0.00945. The van der Waals surface area contributed by atoms with Crippen LogP contribution in [0.25, 0.3) is 0 Å². The molecule has 0 saturated carbocycles. The van der Waals surface area contributed by atoms with Crippen molar-refractivity contribution in [3.8, 4) is 0 Å². The van der Waals surface area contributed by atoms with Gasteiger partial charge in [-0.05, 0) is 24.5 Å². The first-order chi connectivity index (χ1) is 10.1. The molecule has 0 spiro atoms. The molecule has 21 heavy (non-hydrogen) atoms. The lowest BCUT2D eigenvalue weighted by Gasteiger charge is -2.14. The minimum Gasteiger partial charge on any atom is -0.465 e. The second kappa shape index (κ2) is 6.97. The Hall–Kier alpha value is -2.24. The number of carbonyl (C=O) groups excluding carboxylic acids is 1. The van der Waals surface area contributed by atoms with Crippen LogP contribution in [-0.2, 0) is 16.0 Å². The fourth-order valence-electron chi connectivity index (χ4n) is 2.04.